The number of esters is 1. The van der Waals surface area contributed by atoms with E-state index in [0.717, 1.165) is 28.6 Å². The van der Waals surface area contributed by atoms with Crippen LogP contribution in [0.5, 0.6) is 5.75 Å². The van der Waals surface area contributed by atoms with Gasteiger partial charge in [0.25, 0.3) is 5.56 Å². The highest BCUT2D eigenvalue weighted by Gasteiger charge is 2.36. The van der Waals surface area contributed by atoms with Crippen LogP contribution in [0.25, 0.3) is 17.0 Å². The SMILES string of the molecule is CCCC1=C(C(=O)OCC)[C@@H](c2cc(Cl)ccc2OC)n2c(s/c(=C/c3c(C)n(Cc4ccccc4F)c4ccccc34)c2=O)=N1. The molecule has 0 spiro atoms. The number of rotatable bonds is 9. The van der Waals surface area contributed by atoms with Gasteiger partial charge in [-0.25, -0.2) is 14.2 Å². The topological polar surface area (TPSA) is 74.8 Å². The van der Waals surface area contributed by atoms with Crippen molar-refractivity contribution >= 4 is 45.9 Å². The Morgan fingerprint density at radius 2 is 1.87 bits per heavy atom. The van der Waals surface area contributed by atoms with Crippen molar-refractivity contribution in [1.82, 2.24) is 9.13 Å². The fourth-order valence-corrected chi connectivity index (χ4v) is 7.29. The highest BCUT2D eigenvalue weighted by atomic mass is 35.5. The smallest absolute Gasteiger partial charge is 0.338 e. The second kappa shape index (κ2) is 13.1. The summed E-state index contributed by atoms with van der Waals surface area (Å²) in [4.78, 5) is 33.4. The molecular weight excluding hydrogens is 625 g/mol. The number of thiazole rings is 1. The van der Waals surface area contributed by atoms with Gasteiger partial charge in [-0.1, -0.05) is 72.7 Å². The molecule has 0 saturated carbocycles. The third kappa shape index (κ3) is 5.58. The number of carbonyl (C=O) groups is 1. The number of aromatic nitrogens is 2. The van der Waals surface area contributed by atoms with E-state index in [4.69, 9.17) is 26.1 Å². The second-order valence-electron chi connectivity index (χ2n) is 11.0. The summed E-state index contributed by atoms with van der Waals surface area (Å²) in [5, 5.41) is 1.38. The molecule has 1 aliphatic heterocycles. The van der Waals surface area contributed by atoms with Crippen molar-refractivity contribution in [3.8, 4) is 5.75 Å². The summed E-state index contributed by atoms with van der Waals surface area (Å²) in [6.07, 6.45) is 3.12. The Balaban J connectivity index is 1.61. The van der Waals surface area contributed by atoms with Gasteiger partial charge in [0, 0.05) is 38.3 Å². The van der Waals surface area contributed by atoms with E-state index in [-0.39, 0.29) is 18.0 Å². The summed E-state index contributed by atoms with van der Waals surface area (Å²) in [6, 6.07) is 18.9. The van der Waals surface area contributed by atoms with E-state index in [1.54, 1.807) is 41.8 Å². The van der Waals surface area contributed by atoms with Crippen LogP contribution >= 0.6 is 22.9 Å². The maximum absolute atomic E-state index is 14.7. The maximum Gasteiger partial charge on any atom is 0.338 e. The molecule has 1 atom stereocenters. The highest BCUT2D eigenvalue weighted by Crippen LogP contribution is 2.38. The predicted octanol–water partition coefficient (Wildman–Crippen LogP) is 6.69. The van der Waals surface area contributed by atoms with Crippen LogP contribution in [-0.4, -0.2) is 28.8 Å². The normalized spacial score (nSPS) is 14.8. The van der Waals surface area contributed by atoms with Crippen LogP contribution in [0.3, 0.4) is 0 Å². The van der Waals surface area contributed by atoms with Crippen LogP contribution in [0.1, 0.15) is 55.1 Å². The first-order valence-corrected chi connectivity index (χ1v) is 16.3. The zero-order valence-electron chi connectivity index (χ0n) is 26.0. The van der Waals surface area contributed by atoms with E-state index >= 15 is 0 Å². The molecule has 5 aromatic rings. The lowest BCUT2D eigenvalue weighted by molar-refractivity contribution is -0.139. The lowest BCUT2D eigenvalue weighted by Gasteiger charge is -2.27. The number of para-hydroxylation sites is 1. The minimum absolute atomic E-state index is 0.168. The van der Waals surface area contributed by atoms with E-state index in [0.29, 0.717) is 55.5 Å². The van der Waals surface area contributed by atoms with Crippen molar-refractivity contribution in [1.29, 1.82) is 0 Å². The number of halogens is 2. The molecule has 10 heteroatoms. The van der Waals surface area contributed by atoms with Gasteiger partial charge >= 0.3 is 5.97 Å². The zero-order valence-corrected chi connectivity index (χ0v) is 27.5. The van der Waals surface area contributed by atoms with Crippen LogP contribution in [0.2, 0.25) is 5.02 Å². The molecule has 0 bridgehead atoms. The number of benzene rings is 3. The number of allylic oxidation sites excluding steroid dienone is 1. The van der Waals surface area contributed by atoms with Crippen LogP contribution in [0, 0.1) is 12.7 Å². The zero-order chi connectivity index (χ0) is 32.5. The third-order valence-corrected chi connectivity index (χ3v) is 9.44. The Morgan fingerprint density at radius 3 is 2.61 bits per heavy atom. The number of carbonyl (C=O) groups excluding carboxylic acids is 1. The van der Waals surface area contributed by atoms with Crippen molar-refractivity contribution in [2.24, 2.45) is 4.99 Å². The third-order valence-electron chi connectivity index (χ3n) is 8.22. The van der Waals surface area contributed by atoms with E-state index in [9.17, 15) is 14.0 Å². The first-order chi connectivity index (χ1) is 22.3. The largest absolute Gasteiger partial charge is 0.496 e. The Morgan fingerprint density at radius 1 is 1.11 bits per heavy atom. The fourth-order valence-electron chi connectivity index (χ4n) is 6.11. The Kier molecular flexibility index (Phi) is 8.97. The van der Waals surface area contributed by atoms with Gasteiger partial charge in [-0.3, -0.25) is 9.36 Å². The molecule has 0 aliphatic carbocycles. The first kappa shape index (κ1) is 31.5. The second-order valence-corrected chi connectivity index (χ2v) is 12.4. The Hall–Kier alpha value is -4.47. The number of ether oxygens (including phenoxy) is 2. The van der Waals surface area contributed by atoms with Crippen molar-refractivity contribution in [3.63, 3.8) is 0 Å². The van der Waals surface area contributed by atoms with E-state index in [1.807, 2.05) is 50.3 Å². The summed E-state index contributed by atoms with van der Waals surface area (Å²) in [7, 11) is 1.54. The number of hydrogen-bond donors (Lipinski definition) is 0. The van der Waals surface area contributed by atoms with Crippen molar-refractivity contribution in [3.05, 3.63) is 131 Å². The molecule has 46 heavy (non-hydrogen) atoms. The average Bonchev–Trinajstić information content (AvgIpc) is 3.50. The van der Waals surface area contributed by atoms with Gasteiger partial charge < -0.3 is 14.0 Å². The predicted molar refractivity (Wildman–Crippen MR) is 180 cm³/mol. The molecule has 0 fully saturated rings. The molecule has 0 saturated heterocycles. The summed E-state index contributed by atoms with van der Waals surface area (Å²) >= 11 is 7.73. The van der Waals surface area contributed by atoms with Crippen LogP contribution in [0.4, 0.5) is 4.39 Å². The first-order valence-electron chi connectivity index (χ1n) is 15.1. The summed E-state index contributed by atoms with van der Waals surface area (Å²) in [6.45, 7) is 6.23. The number of nitrogens with zero attached hydrogens (tertiary/aromatic N) is 3. The quantitative estimate of drug-likeness (QED) is 0.166. The molecule has 1 aliphatic rings. The maximum atomic E-state index is 14.7. The lowest BCUT2D eigenvalue weighted by Crippen LogP contribution is -2.40. The summed E-state index contributed by atoms with van der Waals surface area (Å²) in [5.41, 5.74) is 4.36. The molecule has 236 valence electrons. The lowest BCUT2D eigenvalue weighted by atomic mass is 9.93. The van der Waals surface area contributed by atoms with Gasteiger partial charge in [-0.05, 0) is 56.7 Å². The van der Waals surface area contributed by atoms with E-state index < -0.39 is 12.0 Å². The molecule has 0 unspecified atom stereocenters. The molecular formula is C36H33ClFN3O4S. The Labute approximate surface area is 274 Å². The molecule has 0 radical (unpaired) electrons. The minimum atomic E-state index is -0.865. The number of fused-ring (bicyclic) bond motifs is 2. The van der Waals surface area contributed by atoms with Gasteiger partial charge in [0.05, 0.1) is 36.1 Å². The van der Waals surface area contributed by atoms with Crippen LogP contribution in [0.15, 0.2) is 87.8 Å². The van der Waals surface area contributed by atoms with Crippen molar-refractivity contribution in [2.45, 2.75) is 46.2 Å². The average molecular weight is 658 g/mol. The number of methoxy groups -OCH3 is 1. The van der Waals surface area contributed by atoms with Gasteiger partial charge in [0.2, 0.25) is 0 Å². The van der Waals surface area contributed by atoms with Gasteiger partial charge in [-0.2, -0.15) is 0 Å². The standard InChI is InChI=1S/C36H33ClFN3O4S/c1-5-11-28-32(35(43)45-6-2)33(26-18-23(37)16-17-30(26)44-4)41-34(42)31(46-36(41)39-28)19-25-21(3)40(29-15-10-8-13-24(25)29)20-22-12-7-9-14-27(22)38/h7-10,12-19,33H,5-6,11,20H2,1-4H3/b31-19+/t33-/m1/s1. The summed E-state index contributed by atoms with van der Waals surface area (Å²) < 4.78 is 30.0. The fraction of sp³-hybridized carbons (Fsp3) is 0.250. The molecule has 0 amide bonds. The molecule has 3 heterocycles. The molecule has 2 aromatic heterocycles. The van der Waals surface area contributed by atoms with Crippen molar-refractivity contribution in [2.75, 3.05) is 13.7 Å². The van der Waals surface area contributed by atoms with E-state index in [2.05, 4.69) is 4.57 Å². The molecule has 3 aromatic carbocycles. The molecule has 7 nitrogen and oxygen atoms in total. The van der Waals surface area contributed by atoms with Crippen LogP contribution < -0.4 is 19.6 Å². The Bertz CT molecular complexity index is 2200. The highest BCUT2D eigenvalue weighted by molar-refractivity contribution is 7.07. The molecule has 6 rings (SSSR count). The minimum Gasteiger partial charge on any atom is -0.496 e. The van der Waals surface area contributed by atoms with Gasteiger partial charge in [0.15, 0.2) is 4.80 Å². The monoisotopic (exact) mass is 657 g/mol. The van der Waals surface area contributed by atoms with Crippen LogP contribution in [-0.2, 0) is 16.1 Å². The van der Waals surface area contributed by atoms with Crippen molar-refractivity contribution < 1.29 is 18.7 Å². The van der Waals surface area contributed by atoms with E-state index in [1.165, 1.54) is 24.5 Å². The van der Waals surface area contributed by atoms with Gasteiger partial charge in [-0.15, -0.1) is 0 Å². The van der Waals surface area contributed by atoms with Gasteiger partial charge in [0.1, 0.15) is 17.6 Å². The summed E-state index contributed by atoms with van der Waals surface area (Å²) in [5.74, 6) is -0.329. The number of hydrogen-bond acceptors (Lipinski definition) is 6. The molecule has 0 N–H and O–H groups in total.